The summed E-state index contributed by atoms with van der Waals surface area (Å²) in [5.74, 6) is -0.531. The molecule has 94 valence electrons. The Morgan fingerprint density at radius 1 is 1.22 bits per heavy atom. The summed E-state index contributed by atoms with van der Waals surface area (Å²) >= 11 is 11.4. The fourth-order valence-corrected chi connectivity index (χ4v) is 1.84. The Morgan fingerprint density at radius 2 is 1.94 bits per heavy atom. The molecule has 0 atom stereocenters. The van der Waals surface area contributed by atoms with Crippen LogP contribution < -0.4 is 11.2 Å². The van der Waals surface area contributed by atoms with E-state index < -0.39 is 17.1 Å². The lowest BCUT2D eigenvalue weighted by Gasteiger charge is -2.08. The Kier molecular flexibility index (Phi) is 3.54. The highest BCUT2D eigenvalue weighted by Gasteiger charge is 2.09. The van der Waals surface area contributed by atoms with Crippen LogP contribution in [0.4, 0.5) is 4.39 Å². The first-order chi connectivity index (χ1) is 8.49. The summed E-state index contributed by atoms with van der Waals surface area (Å²) < 4.78 is 14.6. The number of benzene rings is 1. The van der Waals surface area contributed by atoms with Crippen molar-refractivity contribution in [1.29, 1.82) is 0 Å². The molecule has 0 spiro atoms. The van der Waals surface area contributed by atoms with Crippen molar-refractivity contribution in [3.05, 3.63) is 66.7 Å². The predicted molar refractivity (Wildman–Crippen MR) is 66.8 cm³/mol. The van der Waals surface area contributed by atoms with E-state index in [0.29, 0.717) is 0 Å². The lowest BCUT2D eigenvalue weighted by atomic mass is 10.2. The third-order valence-corrected chi connectivity index (χ3v) is 2.98. The number of nitrogens with one attached hydrogen (secondary N) is 1. The highest BCUT2D eigenvalue weighted by Crippen LogP contribution is 2.19. The fourth-order valence-electron chi connectivity index (χ4n) is 1.45. The monoisotopic (exact) mass is 288 g/mol. The van der Waals surface area contributed by atoms with E-state index >= 15 is 0 Å². The largest absolute Gasteiger partial charge is 0.328 e. The predicted octanol–water partition coefficient (Wildman–Crippen LogP) is 2.03. The maximum Gasteiger partial charge on any atom is 0.328 e. The molecule has 0 saturated heterocycles. The van der Waals surface area contributed by atoms with Gasteiger partial charge in [0.15, 0.2) is 0 Å². The van der Waals surface area contributed by atoms with Crippen LogP contribution in [0.3, 0.4) is 0 Å². The van der Waals surface area contributed by atoms with Crippen molar-refractivity contribution in [3.8, 4) is 0 Å². The topological polar surface area (TPSA) is 54.9 Å². The summed E-state index contributed by atoms with van der Waals surface area (Å²) in [6.07, 6.45) is 1.14. The van der Waals surface area contributed by atoms with Gasteiger partial charge >= 0.3 is 5.69 Å². The zero-order chi connectivity index (χ0) is 13.3. The van der Waals surface area contributed by atoms with Crippen LogP contribution in [0.25, 0.3) is 0 Å². The van der Waals surface area contributed by atoms with Gasteiger partial charge in [0.1, 0.15) is 10.8 Å². The molecule has 0 unspecified atom stereocenters. The van der Waals surface area contributed by atoms with Gasteiger partial charge in [0.25, 0.3) is 5.56 Å². The molecular weight excluding hydrogens is 282 g/mol. The van der Waals surface area contributed by atoms with Gasteiger partial charge in [-0.15, -0.1) is 0 Å². The third-order valence-electron chi connectivity index (χ3n) is 2.36. The Morgan fingerprint density at radius 3 is 2.61 bits per heavy atom. The molecule has 1 heterocycles. The number of aromatic amines is 1. The molecule has 0 aliphatic heterocycles. The summed E-state index contributed by atoms with van der Waals surface area (Å²) in [4.78, 5) is 24.6. The van der Waals surface area contributed by atoms with Gasteiger partial charge in [-0.05, 0) is 12.1 Å². The van der Waals surface area contributed by atoms with E-state index in [4.69, 9.17) is 23.2 Å². The Hall–Kier alpha value is -1.59. The molecule has 2 rings (SSSR count). The second kappa shape index (κ2) is 4.96. The minimum absolute atomic E-state index is 0.110. The molecule has 1 N–H and O–H groups in total. The smallest absolute Gasteiger partial charge is 0.295 e. The highest BCUT2D eigenvalue weighted by molar-refractivity contribution is 6.31. The second-order valence-corrected chi connectivity index (χ2v) is 4.38. The molecule has 4 nitrogen and oxygen atoms in total. The molecule has 0 bridgehead atoms. The van der Waals surface area contributed by atoms with Crippen LogP contribution in [0.2, 0.25) is 10.0 Å². The van der Waals surface area contributed by atoms with Crippen LogP contribution in [-0.4, -0.2) is 9.55 Å². The van der Waals surface area contributed by atoms with Crippen LogP contribution >= 0.6 is 23.2 Å². The van der Waals surface area contributed by atoms with Crippen molar-refractivity contribution in [2.75, 3.05) is 0 Å². The quantitative estimate of drug-likeness (QED) is 0.919. The first-order valence-corrected chi connectivity index (χ1v) is 5.67. The van der Waals surface area contributed by atoms with Crippen molar-refractivity contribution in [2.45, 2.75) is 6.54 Å². The van der Waals surface area contributed by atoms with Crippen molar-refractivity contribution in [1.82, 2.24) is 9.55 Å². The van der Waals surface area contributed by atoms with Crippen molar-refractivity contribution in [2.24, 2.45) is 0 Å². The van der Waals surface area contributed by atoms with Gasteiger partial charge in [0, 0.05) is 16.8 Å². The minimum atomic E-state index is -0.683. The highest BCUT2D eigenvalue weighted by atomic mass is 35.5. The lowest BCUT2D eigenvalue weighted by molar-refractivity contribution is 0.593. The Bertz CT molecular complexity index is 689. The molecule has 2 aromatic rings. The van der Waals surface area contributed by atoms with E-state index in [1.807, 2.05) is 4.98 Å². The molecule has 0 amide bonds. The van der Waals surface area contributed by atoms with E-state index in [0.717, 1.165) is 10.8 Å². The minimum Gasteiger partial charge on any atom is -0.295 e. The first-order valence-electron chi connectivity index (χ1n) is 4.91. The summed E-state index contributed by atoms with van der Waals surface area (Å²) in [7, 11) is 0. The van der Waals surface area contributed by atoms with Gasteiger partial charge in [-0.25, -0.2) is 9.18 Å². The van der Waals surface area contributed by atoms with Gasteiger partial charge in [-0.1, -0.05) is 29.3 Å². The van der Waals surface area contributed by atoms with Crippen molar-refractivity contribution >= 4 is 23.2 Å². The van der Waals surface area contributed by atoms with E-state index in [1.54, 1.807) is 0 Å². The fraction of sp³-hybridized carbons (Fsp3) is 0.0909. The normalized spacial score (nSPS) is 10.6. The van der Waals surface area contributed by atoms with Crippen LogP contribution in [0, 0.1) is 5.82 Å². The number of hydrogen-bond acceptors (Lipinski definition) is 2. The van der Waals surface area contributed by atoms with Crippen molar-refractivity contribution < 1.29 is 4.39 Å². The van der Waals surface area contributed by atoms with Gasteiger partial charge in [0.2, 0.25) is 0 Å². The van der Waals surface area contributed by atoms with E-state index in [1.165, 1.54) is 18.2 Å². The molecular formula is C11H7Cl2FN2O2. The number of aromatic nitrogens is 2. The van der Waals surface area contributed by atoms with Crippen LogP contribution in [0.1, 0.15) is 5.56 Å². The van der Waals surface area contributed by atoms with E-state index in [-0.39, 0.29) is 22.2 Å². The van der Waals surface area contributed by atoms with Gasteiger partial charge in [-0.2, -0.15) is 0 Å². The SMILES string of the molecule is O=c1[nH]c(=O)n(Cc2c(F)cccc2Cl)cc1Cl. The summed E-state index contributed by atoms with van der Waals surface area (Å²) in [6.45, 7) is -0.110. The number of nitrogens with zero attached hydrogens (tertiary/aromatic N) is 1. The molecule has 0 saturated carbocycles. The number of rotatable bonds is 2. The van der Waals surface area contributed by atoms with Crippen molar-refractivity contribution in [3.63, 3.8) is 0 Å². The second-order valence-electron chi connectivity index (χ2n) is 3.56. The number of H-pyrrole nitrogens is 1. The molecule has 1 aromatic carbocycles. The van der Waals surface area contributed by atoms with Gasteiger partial charge in [-0.3, -0.25) is 14.3 Å². The van der Waals surface area contributed by atoms with E-state index in [2.05, 4.69) is 0 Å². The number of halogens is 3. The Balaban J connectivity index is 2.50. The molecule has 0 radical (unpaired) electrons. The summed E-state index contributed by atoms with van der Waals surface area (Å²) in [5, 5.41) is 0.0475. The zero-order valence-corrected chi connectivity index (χ0v) is 10.4. The lowest BCUT2D eigenvalue weighted by Crippen LogP contribution is -2.30. The molecule has 0 fully saturated rings. The van der Waals surface area contributed by atoms with Crippen LogP contribution in [0.5, 0.6) is 0 Å². The molecule has 7 heteroatoms. The van der Waals surface area contributed by atoms with Gasteiger partial charge < -0.3 is 0 Å². The Labute approximate surface area is 111 Å². The van der Waals surface area contributed by atoms with Crippen LogP contribution in [0.15, 0.2) is 34.0 Å². The van der Waals surface area contributed by atoms with Gasteiger partial charge in [0.05, 0.1) is 6.54 Å². The maximum atomic E-state index is 13.5. The summed E-state index contributed by atoms with van der Waals surface area (Å²) in [5.41, 5.74) is -1.20. The van der Waals surface area contributed by atoms with Crippen LogP contribution in [-0.2, 0) is 6.54 Å². The third kappa shape index (κ3) is 2.47. The summed E-state index contributed by atoms with van der Waals surface area (Å²) in [6, 6.07) is 4.21. The molecule has 18 heavy (non-hydrogen) atoms. The zero-order valence-electron chi connectivity index (χ0n) is 8.91. The molecule has 1 aromatic heterocycles. The standard InChI is InChI=1S/C11H7Cl2FN2O2/c12-7-2-1-3-9(14)6(7)4-16-5-8(13)10(17)15-11(16)18/h1-3,5H,4H2,(H,15,17,18). The number of hydrogen-bond donors (Lipinski definition) is 1. The average Bonchev–Trinajstić information content (AvgIpc) is 2.30. The average molecular weight is 289 g/mol. The molecule has 0 aliphatic carbocycles. The first kappa shape index (κ1) is 12.9. The molecule has 0 aliphatic rings. The maximum absolute atomic E-state index is 13.5. The van der Waals surface area contributed by atoms with E-state index in [9.17, 15) is 14.0 Å².